The van der Waals surface area contributed by atoms with Gasteiger partial charge in [-0.2, -0.15) is 0 Å². The van der Waals surface area contributed by atoms with Crippen LogP contribution in [0.1, 0.15) is 35.5 Å². The Morgan fingerprint density at radius 3 is 2.66 bits per heavy atom. The van der Waals surface area contributed by atoms with Crippen molar-refractivity contribution >= 4 is 33.4 Å². The third-order valence-corrected chi connectivity index (χ3v) is 6.44. The summed E-state index contributed by atoms with van der Waals surface area (Å²) in [7, 11) is 1.57. The highest BCUT2D eigenvalue weighted by Crippen LogP contribution is 2.27. The number of nitrogens with zero attached hydrogens (tertiary/aromatic N) is 3. The summed E-state index contributed by atoms with van der Waals surface area (Å²) in [6.07, 6.45) is 2.52. The van der Waals surface area contributed by atoms with E-state index in [9.17, 15) is 14.4 Å². The van der Waals surface area contributed by atoms with Crippen LogP contribution in [0.4, 0.5) is 0 Å². The zero-order valence-electron chi connectivity index (χ0n) is 17.4. The van der Waals surface area contributed by atoms with Gasteiger partial charge in [-0.1, -0.05) is 13.8 Å². The number of ether oxygens (including phenoxy) is 1. The van der Waals surface area contributed by atoms with Crippen LogP contribution in [-0.2, 0) is 16.1 Å². The molecule has 0 aromatic carbocycles. The summed E-state index contributed by atoms with van der Waals surface area (Å²) >= 11 is 1.19. The van der Waals surface area contributed by atoms with Gasteiger partial charge in [-0.3, -0.25) is 19.0 Å². The molecule has 1 N–H and O–H groups in total. The first kappa shape index (κ1) is 21.4. The third-order valence-electron chi connectivity index (χ3n) is 5.24. The molecule has 2 aromatic heterocycles. The Labute approximate surface area is 173 Å². The van der Waals surface area contributed by atoms with E-state index in [-0.39, 0.29) is 23.9 Å². The molecule has 29 heavy (non-hydrogen) atoms. The fourth-order valence-corrected chi connectivity index (χ4v) is 5.00. The summed E-state index contributed by atoms with van der Waals surface area (Å²) in [6.45, 7) is 8.23. The number of hydrogen-bond acceptors (Lipinski definition) is 6. The normalized spacial score (nSPS) is 19.5. The van der Waals surface area contributed by atoms with Crippen molar-refractivity contribution in [2.75, 3.05) is 33.4 Å². The highest BCUT2D eigenvalue weighted by molar-refractivity contribution is 7.20. The summed E-state index contributed by atoms with van der Waals surface area (Å²) in [5.74, 6) is 0.592. The molecule has 0 spiro atoms. The SMILES string of the molecule is COCCNC(=O)c1sc2ncn(CC(=O)N3CC(C)CC(C)C3)c(=O)c2c1C. The molecular weight excluding hydrogens is 392 g/mol. The van der Waals surface area contributed by atoms with Crippen molar-refractivity contribution in [2.45, 2.75) is 33.7 Å². The van der Waals surface area contributed by atoms with Crippen molar-refractivity contribution < 1.29 is 14.3 Å². The molecule has 2 aromatic rings. The maximum atomic E-state index is 13.0. The number of amides is 2. The van der Waals surface area contributed by atoms with Crippen molar-refractivity contribution in [2.24, 2.45) is 11.8 Å². The molecule has 3 rings (SSSR count). The van der Waals surface area contributed by atoms with Crippen LogP contribution < -0.4 is 10.9 Å². The Bertz CT molecular complexity index is 957. The fraction of sp³-hybridized carbons (Fsp3) is 0.600. The zero-order chi connectivity index (χ0) is 21.1. The van der Waals surface area contributed by atoms with Crippen molar-refractivity contribution in [1.82, 2.24) is 19.8 Å². The van der Waals surface area contributed by atoms with Gasteiger partial charge in [-0.25, -0.2) is 4.98 Å². The minimum Gasteiger partial charge on any atom is -0.383 e. The second kappa shape index (κ2) is 9.04. The first-order valence-corrected chi connectivity index (χ1v) is 10.7. The predicted molar refractivity (Wildman–Crippen MR) is 112 cm³/mol. The Hall–Kier alpha value is -2.26. The number of likely N-dealkylation sites (tertiary alicyclic amines) is 1. The summed E-state index contributed by atoms with van der Waals surface area (Å²) in [4.78, 5) is 45.3. The van der Waals surface area contributed by atoms with Crippen LogP contribution in [0.2, 0.25) is 0 Å². The fourth-order valence-electron chi connectivity index (χ4n) is 3.95. The summed E-state index contributed by atoms with van der Waals surface area (Å²) in [6, 6.07) is 0. The molecular formula is C20H28N4O4S. The monoisotopic (exact) mass is 420 g/mol. The molecule has 9 heteroatoms. The van der Waals surface area contributed by atoms with Gasteiger partial charge in [0, 0.05) is 26.7 Å². The van der Waals surface area contributed by atoms with E-state index in [4.69, 9.17) is 4.74 Å². The van der Waals surface area contributed by atoms with Crippen LogP contribution in [0.3, 0.4) is 0 Å². The number of carbonyl (C=O) groups excluding carboxylic acids is 2. The molecule has 1 fully saturated rings. The molecule has 1 aliphatic rings. The van der Waals surface area contributed by atoms with Crippen LogP contribution in [0.15, 0.2) is 11.1 Å². The molecule has 158 valence electrons. The van der Waals surface area contributed by atoms with Gasteiger partial charge in [0.1, 0.15) is 11.4 Å². The minimum atomic E-state index is -0.286. The van der Waals surface area contributed by atoms with E-state index in [0.717, 1.165) is 19.5 Å². The third kappa shape index (κ3) is 4.67. The lowest BCUT2D eigenvalue weighted by Gasteiger charge is -2.35. The quantitative estimate of drug-likeness (QED) is 0.717. The maximum absolute atomic E-state index is 13.0. The lowest BCUT2D eigenvalue weighted by molar-refractivity contribution is -0.134. The standard InChI is InChI=1S/C20H28N4O4S/c1-12-7-13(2)9-23(8-12)15(25)10-24-11-22-19-16(20(24)27)14(3)17(29-19)18(26)21-5-6-28-4/h11-13H,5-10H2,1-4H3,(H,21,26). The molecule has 0 aliphatic carbocycles. The molecule has 1 saturated heterocycles. The van der Waals surface area contributed by atoms with Gasteiger partial charge in [0.25, 0.3) is 11.5 Å². The van der Waals surface area contributed by atoms with E-state index in [1.807, 2.05) is 4.90 Å². The Morgan fingerprint density at radius 2 is 2.00 bits per heavy atom. The van der Waals surface area contributed by atoms with Crippen LogP contribution in [0.5, 0.6) is 0 Å². The second-order valence-electron chi connectivity index (χ2n) is 7.91. The molecule has 8 nitrogen and oxygen atoms in total. The number of piperidine rings is 1. The molecule has 0 radical (unpaired) electrons. The Morgan fingerprint density at radius 1 is 1.31 bits per heavy atom. The summed E-state index contributed by atoms with van der Waals surface area (Å²) in [5, 5.41) is 3.17. The average Bonchev–Trinajstić information content (AvgIpc) is 3.00. The lowest BCUT2D eigenvalue weighted by Crippen LogP contribution is -2.44. The van der Waals surface area contributed by atoms with Gasteiger partial charge in [0.05, 0.1) is 23.2 Å². The van der Waals surface area contributed by atoms with Crippen molar-refractivity contribution in [3.05, 3.63) is 27.1 Å². The van der Waals surface area contributed by atoms with Crippen LogP contribution in [-0.4, -0.2) is 59.6 Å². The molecule has 3 heterocycles. The molecule has 2 amide bonds. The number of aromatic nitrogens is 2. The molecule has 2 atom stereocenters. The number of rotatable bonds is 6. The number of carbonyl (C=O) groups is 2. The highest BCUT2D eigenvalue weighted by atomic mass is 32.1. The van der Waals surface area contributed by atoms with Gasteiger partial charge < -0.3 is 15.0 Å². The molecule has 1 aliphatic heterocycles. The number of hydrogen-bond donors (Lipinski definition) is 1. The number of aryl methyl sites for hydroxylation is 1. The largest absolute Gasteiger partial charge is 0.383 e. The van der Waals surface area contributed by atoms with E-state index in [0.29, 0.717) is 45.6 Å². The predicted octanol–water partition coefficient (Wildman–Crippen LogP) is 1.65. The first-order chi connectivity index (χ1) is 13.8. The van der Waals surface area contributed by atoms with Crippen molar-refractivity contribution in [1.29, 1.82) is 0 Å². The van der Waals surface area contributed by atoms with Crippen molar-refractivity contribution in [3.63, 3.8) is 0 Å². The summed E-state index contributed by atoms with van der Waals surface area (Å²) in [5.41, 5.74) is 0.311. The first-order valence-electron chi connectivity index (χ1n) is 9.85. The number of methoxy groups -OCH3 is 1. The molecule has 0 saturated carbocycles. The molecule has 0 bridgehead atoms. The lowest BCUT2D eigenvalue weighted by atomic mass is 9.92. The molecule has 2 unspecified atom stereocenters. The van der Waals surface area contributed by atoms with Crippen LogP contribution in [0.25, 0.3) is 10.2 Å². The number of fused-ring (bicyclic) bond motifs is 1. The van der Waals surface area contributed by atoms with E-state index < -0.39 is 0 Å². The van der Waals surface area contributed by atoms with E-state index in [2.05, 4.69) is 24.1 Å². The summed E-state index contributed by atoms with van der Waals surface area (Å²) < 4.78 is 6.29. The number of thiophene rings is 1. The van der Waals surface area contributed by atoms with Crippen LogP contribution in [0, 0.1) is 18.8 Å². The average molecular weight is 421 g/mol. The van der Waals surface area contributed by atoms with Gasteiger partial charge in [0.15, 0.2) is 0 Å². The van der Waals surface area contributed by atoms with Gasteiger partial charge in [-0.05, 0) is 30.7 Å². The topological polar surface area (TPSA) is 93.5 Å². The van der Waals surface area contributed by atoms with Crippen LogP contribution >= 0.6 is 11.3 Å². The van der Waals surface area contributed by atoms with E-state index in [1.54, 1.807) is 14.0 Å². The van der Waals surface area contributed by atoms with Gasteiger partial charge in [0.2, 0.25) is 5.91 Å². The Balaban J connectivity index is 1.82. The second-order valence-corrected chi connectivity index (χ2v) is 8.91. The maximum Gasteiger partial charge on any atom is 0.262 e. The smallest absolute Gasteiger partial charge is 0.262 e. The minimum absolute atomic E-state index is 0.0358. The van der Waals surface area contributed by atoms with E-state index >= 15 is 0 Å². The Kier molecular flexibility index (Phi) is 6.69. The number of nitrogens with one attached hydrogen (secondary N) is 1. The van der Waals surface area contributed by atoms with Crippen molar-refractivity contribution in [3.8, 4) is 0 Å². The zero-order valence-corrected chi connectivity index (χ0v) is 18.2. The van der Waals surface area contributed by atoms with Gasteiger partial charge >= 0.3 is 0 Å². The highest BCUT2D eigenvalue weighted by Gasteiger charge is 2.26. The van der Waals surface area contributed by atoms with E-state index in [1.165, 1.54) is 22.2 Å². The van der Waals surface area contributed by atoms with Gasteiger partial charge in [-0.15, -0.1) is 11.3 Å².